The number of rotatable bonds is 4. The number of nitrogens with zero attached hydrogens (tertiary/aromatic N) is 1. The maximum Gasteiger partial charge on any atom is 0.224 e. The van der Waals surface area contributed by atoms with Crippen molar-refractivity contribution in [1.82, 2.24) is 5.32 Å². The molecule has 0 spiro atoms. The van der Waals surface area contributed by atoms with Crippen LogP contribution in [-0.4, -0.2) is 17.1 Å². The molecule has 0 aliphatic carbocycles. The SMILES string of the molecule is CC(C)(C)C(C#N)NC(=O)CC(O)c1ccc(Cl)cc1. The van der Waals surface area contributed by atoms with Gasteiger partial charge in [-0.2, -0.15) is 5.26 Å². The van der Waals surface area contributed by atoms with E-state index in [1.807, 2.05) is 20.8 Å². The maximum atomic E-state index is 11.9. The molecule has 1 aromatic carbocycles. The van der Waals surface area contributed by atoms with Crippen molar-refractivity contribution in [3.8, 4) is 6.07 Å². The average Bonchev–Trinajstić information content (AvgIpc) is 2.35. The molecule has 2 atom stereocenters. The Morgan fingerprint density at radius 2 is 1.95 bits per heavy atom. The first-order valence-electron chi connectivity index (χ1n) is 6.36. The zero-order valence-corrected chi connectivity index (χ0v) is 12.6. The van der Waals surface area contributed by atoms with Crippen molar-refractivity contribution < 1.29 is 9.90 Å². The molecule has 1 amide bonds. The molecule has 0 saturated heterocycles. The Morgan fingerprint density at radius 1 is 1.40 bits per heavy atom. The molecular formula is C15H19ClN2O2. The highest BCUT2D eigenvalue weighted by atomic mass is 35.5. The maximum absolute atomic E-state index is 11.9. The molecule has 4 nitrogen and oxygen atoms in total. The average molecular weight is 295 g/mol. The molecule has 5 heteroatoms. The summed E-state index contributed by atoms with van der Waals surface area (Å²) in [6.07, 6.45) is -0.998. The van der Waals surface area contributed by atoms with Crippen LogP contribution in [0.25, 0.3) is 0 Å². The number of nitriles is 1. The van der Waals surface area contributed by atoms with Crippen LogP contribution in [-0.2, 0) is 4.79 Å². The minimum atomic E-state index is -0.911. The number of carbonyl (C=O) groups is 1. The van der Waals surface area contributed by atoms with Crippen LogP contribution >= 0.6 is 11.6 Å². The molecular weight excluding hydrogens is 276 g/mol. The van der Waals surface area contributed by atoms with Crippen molar-refractivity contribution in [2.24, 2.45) is 5.41 Å². The van der Waals surface area contributed by atoms with E-state index in [0.717, 1.165) is 0 Å². The molecule has 0 saturated carbocycles. The molecule has 1 aromatic rings. The van der Waals surface area contributed by atoms with E-state index in [2.05, 4.69) is 11.4 Å². The second kappa shape index (κ2) is 6.74. The molecule has 0 aliphatic heterocycles. The highest BCUT2D eigenvalue weighted by Gasteiger charge is 2.26. The summed E-state index contributed by atoms with van der Waals surface area (Å²) in [6, 6.07) is 8.13. The van der Waals surface area contributed by atoms with Gasteiger partial charge in [0, 0.05) is 5.02 Å². The number of halogens is 1. The Hall–Kier alpha value is -1.57. The van der Waals surface area contributed by atoms with E-state index in [4.69, 9.17) is 16.9 Å². The minimum Gasteiger partial charge on any atom is -0.388 e. The van der Waals surface area contributed by atoms with Crippen LogP contribution in [0.2, 0.25) is 5.02 Å². The summed E-state index contributed by atoms with van der Waals surface area (Å²) in [6.45, 7) is 5.62. The fourth-order valence-corrected chi connectivity index (χ4v) is 1.77. The molecule has 2 unspecified atom stereocenters. The van der Waals surface area contributed by atoms with Crippen molar-refractivity contribution in [3.63, 3.8) is 0 Å². The Labute approximate surface area is 124 Å². The number of hydrogen-bond donors (Lipinski definition) is 2. The smallest absolute Gasteiger partial charge is 0.224 e. The van der Waals surface area contributed by atoms with Crippen LogP contribution in [0.5, 0.6) is 0 Å². The molecule has 2 N–H and O–H groups in total. The summed E-state index contributed by atoms with van der Waals surface area (Å²) in [7, 11) is 0. The van der Waals surface area contributed by atoms with Gasteiger partial charge in [-0.25, -0.2) is 0 Å². The summed E-state index contributed by atoms with van der Waals surface area (Å²) in [5, 5.41) is 22.2. The molecule has 108 valence electrons. The number of nitrogens with one attached hydrogen (secondary N) is 1. The second-order valence-electron chi connectivity index (χ2n) is 5.77. The summed E-state index contributed by atoms with van der Waals surface area (Å²) >= 11 is 5.76. The quantitative estimate of drug-likeness (QED) is 0.897. The third-order valence-corrected chi connectivity index (χ3v) is 3.19. The van der Waals surface area contributed by atoms with E-state index in [9.17, 15) is 9.90 Å². The number of carbonyl (C=O) groups excluding carboxylic acids is 1. The Kier molecular flexibility index (Phi) is 5.55. The van der Waals surface area contributed by atoms with E-state index < -0.39 is 12.1 Å². The van der Waals surface area contributed by atoms with E-state index in [0.29, 0.717) is 10.6 Å². The van der Waals surface area contributed by atoms with Gasteiger partial charge in [0.25, 0.3) is 0 Å². The predicted molar refractivity (Wildman–Crippen MR) is 78.0 cm³/mol. The molecule has 0 aliphatic rings. The van der Waals surface area contributed by atoms with Crippen molar-refractivity contribution >= 4 is 17.5 Å². The highest BCUT2D eigenvalue weighted by molar-refractivity contribution is 6.30. The van der Waals surface area contributed by atoms with E-state index in [1.54, 1.807) is 24.3 Å². The van der Waals surface area contributed by atoms with Crippen molar-refractivity contribution in [3.05, 3.63) is 34.9 Å². The van der Waals surface area contributed by atoms with Gasteiger partial charge in [0.05, 0.1) is 18.6 Å². The van der Waals surface area contributed by atoms with E-state index in [-0.39, 0.29) is 17.7 Å². The van der Waals surface area contributed by atoms with Crippen molar-refractivity contribution in [2.75, 3.05) is 0 Å². The van der Waals surface area contributed by atoms with Crippen LogP contribution in [0.1, 0.15) is 38.9 Å². The monoisotopic (exact) mass is 294 g/mol. The largest absolute Gasteiger partial charge is 0.388 e. The predicted octanol–water partition coefficient (Wildman–Crippen LogP) is 2.82. The van der Waals surface area contributed by atoms with Crippen molar-refractivity contribution in [2.45, 2.75) is 39.3 Å². The molecule has 1 rings (SSSR count). The lowest BCUT2D eigenvalue weighted by molar-refractivity contribution is -0.124. The number of amides is 1. The van der Waals surface area contributed by atoms with Gasteiger partial charge >= 0.3 is 0 Å². The van der Waals surface area contributed by atoms with Gasteiger partial charge in [0.1, 0.15) is 6.04 Å². The summed E-state index contributed by atoms with van der Waals surface area (Å²) < 4.78 is 0. The van der Waals surface area contributed by atoms with Gasteiger partial charge in [-0.3, -0.25) is 4.79 Å². The number of benzene rings is 1. The van der Waals surface area contributed by atoms with Crippen LogP contribution in [0.3, 0.4) is 0 Å². The van der Waals surface area contributed by atoms with Gasteiger partial charge in [0.15, 0.2) is 0 Å². The molecule has 20 heavy (non-hydrogen) atoms. The van der Waals surface area contributed by atoms with Gasteiger partial charge in [0.2, 0.25) is 5.91 Å². The number of hydrogen-bond acceptors (Lipinski definition) is 3. The third-order valence-electron chi connectivity index (χ3n) is 2.93. The first-order valence-corrected chi connectivity index (χ1v) is 6.74. The lowest BCUT2D eigenvalue weighted by Crippen LogP contribution is -2.43. The number of aliphatic hydroxyl groups excluding tert-OH is 1. The second-order valence-corrected chi connectivity index (χ2v) is 6.20. The molecule has 0 aromatic heterocycles. The standard InChI is InChI=1S/C15H19ClN2O2/c1-15(2,3)13(9-17)18-14(20)8-12(19)10-4-6-11(16)7-5-10/h4-7,12-13,19H,8H2,1-3H3,(H,18,20). The van der Waals surface area contributed by atoms with Gasteiger partial charge in [-0.1, -0.05) is 44.5 Å². The van der Waals surface area contributed by atoms with Crippen LogP contribution in [0, 0.1) is 16.7 Å². The lowest BCUT2D eigenvalue weighted by Gasteiger charge is -2.25. The van der Waals surface area contributed by atoms with Gasteiger partial charge in [-0.15, -0.1) is 0 Å². The topological polar surface area (TPSA) is 73.1 Å². The first-order chi connectivity index (χ1) is 9.24. The normalized spacial score (nSPS) is 14.2. The fourth-order valence-electron chi connectivity index (χ4n) is 1.64. The lowest BCUT2D eigenvalue weighted by atomic mass is 9.87. The number of aliphatic hydroxyl groups is 1. The fraction of sp³-hybridized carbons (Fsp3) is 0.467. The molecule has 0 radical (unpaired) electrons. The first kappa shape index (κ1) is 16.5. The summed E-state index contributed by atoms with van der Waals surface area (Å²) in [4.78, 5) is 11.9. The zero-order valence-electron chi connectivity index (χ0n) is 11.9. The summed E-state index contributed by atoms with van der Waals surface area (Å²) in [5.41, 5.74) is 0.268. The van der Waals surface area contributed by atoms with Crippen LogP contribution in [0.4, 0.5) is 0 Å². The van der Waals surface area contributed by atoms with E-state index >= 15 is 0 Å². The Bertz CT molecular complexity index is 500. The van der Waals surface area contributed by atoms with Crippen LogP contribution in [0.15, 0.2) is 24.3 Å². The molecule has 0 bridgehead atoms. The Morgan fingerprint density at radius 3 is 2.40 bits per heavy atom. The molecule has 0 heterocycles. The minimum absolute atomic E-state index is 0.0874. The third kappa shape index (κ3) is 4.84. The Balaban J connectivity index is 2.62. The zero-order chi connectivity index (χ0) is 15.3. The van der Waals surface area contributed by atoms with Crippen LogP contribution < -0.4 is 5.32 Å². The molecule has 0 fully saturated rings. The van der Waals surface area contributed by atoms with Gasteiger partial charge in [-0.05, 0) is 23.1 Å². The van der Waals surface area contributed by atoms with Gasteiger partial charge < -0.3 is 10.4 Å². The van der Waals surface area contributed by atoms with Crippen molar-refractivity contribution in [1.29, 1.82) is 5.26 Å². The summed E-state index contributed by atoms with van der Waals surface area (Å²) in [5.74, 6) is -0.353. The van der Waals surface area contributed by atoms with E-state index in [1.165, 1.54) is 0 Å². The highest BCUT2D eigenvalue weighted by Crippen LogP contribution is 2.21.